The molecule has 3 fully saturated rings. The van der Waals surface area contributed by atoms with E-state index >= 15 is 0 Å². The van der Waals surface area contributed by atoms with E-state index in [0.717, 1.165) is 24.2 Å². The van der Waals surface area contributed by atoms with Gasteiger partial charge in [-0.2, -0.15) is 0 Å². The van der Waals surface area contributed by atoms with Gasteiger partial charge in [-0.05, 0) is 49.4 Å². The third-order valence-corrected chi connectivity index (χ3v) is 4.87. The van der Waals surface area contributed by atoms with Crippen molar-refractivity contribution in [3.05, 3.63) is 0 Å². The Morgan fingerprint density at radius 3 is 2.50 bits per heavy atom. The quantitative estimate of drug-likeness (QED) is 0.671. The van der Waals surface area contributed by atoms with Crippen molar-refractivity contribution in [2.75, 3.05) is 0 Å². The van der Waals surface area contributed by atoms with Crippen LogP contribution in [0.4, 0.5) is 0 Å². The van der Waals surface area contributed by atoms with Crippen LogP contribution in [0.25, 0.3) is 0 Å². The van der Waals surface area contributed by atoms with Crippen molar-refractivity contribution in [1.82, 2.24) is 0 Å². The van der Waals surface area contributed by atoms with Gasteiger partial charge in [-0.25, -0.2) is 0 Å². The van der Waals surface area contributed by atoms with E-state index in [1.807, 2.05) is 0 Å². The molecular weight excluding hydrogens is 172 g/mol. The summed E-state index contributed by atoms with van der Waals surface area (Å²) >= 11 is 0. The highest BCUT2D eigenvalue weighted by atomic mass is 16.1. The van der Waals surface area contributed by atoms with Gasteiger partial charge in [-0.3, -0.25) is 4.79 Å². The summed E-state index contributed by atoms with van der Waals surface area (Å²) in [5.41, 5.74) is 0. The van der Waals surface area contributed by atoms with Gasteiger partial charge >= 0.3 is 0 Å². The van der Waals surface area contributed by atoms with Crippen LogP contribution in [0.2, 0.25) is 0 Å². The maximum atomic E-state index is 11.8. The predicted octanol–water partition coefficient (Wildman–Crippen LogP) is 3.04. The molecule has 5 unspecified atom stereocenters. The molecule has 1 nitrogen and oxygen atoms in total. The summed E-state index contributed by atoms with van der Waals surface area (Å²) in [5, 5.41) is 0. The minimum Gasteiger partial charge on any atom is -0.299 e. The van der Waals surface area contributed by atoms with Crippen LogP contribution in [0, 0.1) is 29.6 Å². The highest BCUT2D eigenvalue weighted by Crippen LogP contribution is 2.51. The van der Waals surface area contributed by atoms with Crippen molar-refractivity contribution in [3.63, 3.8) is 0 Å². The number of Topliss-reactive ketones (excluding diaryl/α,β-unsaturated/α-hetero) is 1. The molecule has 2 bridgehead atoms. The lowest BCUT2D eigenvalue weighted by Gasteiger charge is -2.20. The van der Waals surface area contributed by atoms with Crippen LogP contribution in [-0.2, 0) is 4.79 Å². The van der Waals surface area contributed by atoms with E-state index in [-0.39, 0.29) is 0 Å². The number of hydrogen-bond acceptors (Lipinski definition) is 1. The molecular formula is C13H20O. The summed E-state index contributed by atoms with van der Waals surface area (Å²) in [4.78, 5) is 11.8. The Balaban J connectivity index is 1.55. The topological polar surface area (TPSA) is 17.1 Å². The van der Waals surface area contributed by atoms with Crippen LogP contribution < -0.4 is 0 Å². The fourth-order valence-corrected chi connectivity index (χ4v) is 3.81. The van der Waals surface area contributed by atoms with Gasteiger partial charge in [0.15, 0.2) is 0 Å². The second-order valence-electron chi connectivity index (χ2n) is 5.92. The fraction of sp³-hybridized carbons (Fsp3) is 0.923. The van der Waals surface area contributed by atoms with Crippen molar-refractivity contribution in [2.45, 2.75) is 45.4 Å². The maximum absolute atomic E-state index is 11.8. The number of ketones is 1. The van der Waals surface area contributed by atoms with Gasteiger partial charge in [-0.15, -0.1) is 0 Å². The van der Waals surface area contributed by atoms with Crippen LogP contribution in [0.3, 0.4) is 0 Å². The molecule has 14 heavy (non-hydrogen) atoms. The number of rotatable bonds is 3. The first-order valence-electron chi connectivity index (χ1n) is 6.26. The summed E-state index contributed by atoms with van der Waals surface area (Å²) in [6.45, 7) is 2.21. The van der Waals surface area contributed by atoms with Gasteiger partial charge in [0.2, 0.25) is 0 Å². The smallest absolute Gasteiger partial charge is 0.136 e. The van der Waals surface area contributed by atoms with E-state index in [1.54, 1.807) is 0 Å². The van der Waals surface area contributed by atoms with Crippen molar-refractivity contribution >= 4 is 5.78 Å². The van der Waals surface area contributed by atoms with E-state index in [0.29, 0.717) is 17.6 Å². The molecule has 1 heteroatoms. The predicted molar refractivity (Wildman–Crippen MR) is 55.8 cm³/mol. The molecule has 0 aromatic rings. The normalized spacial score (nSPS) is 49.6. The molecule has 78 valence electrons. The zero-order valence-electron chi connectivity index (χ0n) is 9.04. The van der Waals surface area contributed by atoms with Gasteiger partial charge in [0.05, 0.1) is 0 Å². The van der Waals surface area contributed by atoms with Gasteiger partial charge < -0.3 is 0 Å². The SMILES string of the molecule is CC1CC1C(=O)CC1CC2CCC1C2. The summed E-state index contributed by atoms with van der Waals surface area (Å²) in [6.07, 6.45) is 7.80. The first kappa shape index (κ1) is 8.94. The molecule has 0 aliphatic heterocycles. The first-order chi connectivity index (χ1) is 6.74. The number of carbonyl (C=O) groups excluding carboxylic acids is 1. The molecule has 0 N–H and O–H groups in total. The van der Waals surface area contributed by atoms with E-state index in [2.05, 4.69) is 6.92 Å². The molecule has 3 aliphatic rings. The molecule has 3 saturated carbocycles. The minimum absolute atomic E-state index is 0.467. The average molecular weight is 192 g/mol. The molecule has 0 radical (unpaired) electrons. The lowest BCUT2D eigenvalue weighted by Crippen LogP contribution is -2.16. The average Bonchev–Trinajstić information content (AvgIpc) is 2.62. The first-order valence-corrected chi connectivity index (χ1v) is 6.26. The van der Waals surface area contributed by atoms with Gasteiger partial charge in [-0.1, -0.05) is 13.3 Å². The van der Waals surface area contributed by atoms with Crippen molar-refractivity contribution < 1.29 is 4.79 Å². The zero-order valence-corrected chi connectivity index (χ0v) is 9.04. The van der Waals surface area contributed by atoms with E-state index in [1.165, 1.54) is 32.1 Å². The fourth-order valence-electron chi connectivity index (χ4n) is 3.81. The highest BCUT2D eigenvalue weighted by Gasteiger charge is 2.44. The Hall–Kier alpha value is -0.330. The van der Waals surface area contributed by atoms with Gasteiger partial charge in [0.1, 0.15) is 5.78 Å². The largest absolute Gasteiger partial charge is 0.299 e. The number of hydrogen-bond donors (Lipinski definition) is 0. The van der Waals surface area contributed by atoms with Crippen LogP contribution in [0.5, 0.6) is 0 Å². The zero-order chi connectivity index (χ0) is 9.71. The summed E-state index contributed by atoms with van der Waals surface area (Å²) in [6, 6.07) is 0. The molecule has 3 rings (SSSR count). The third kappa shape index (κ3) is 1.41. The van der Waals surface area contributed by atoms with E-state index in [4.69, 9.17) is 0 Å². The Bertz CT molecular complexity index is 258. The second kappa shape index (κ2) is 3.08. The molecule has 0 aromatic carbocycles. The standard InChI is InChI=1S/C13H20O/c1-8-4-12(8)13(14)7-11-6-9-2-3-10(11)5-9/h8-12H,2-7H2,1H3. The van der Waals surface area contributed by atoms with E-state index in [9.17, 15) is 4.79 Å². The molecule has 0 aromatic heterocycles. The minimum atomic E-state index is 0.467. The Morgan fingerprint density at radius 2 is 2.00 bits per heavy atom. The lowest BCUT2D eigenvalue weighted by molar-refractivity contribution is -0.121. The number of fused-ring (bicyclic) bond motifs is 2. The summed E-state index contributed by atoms with van der Waals surface area (Å²) in [5.74, 6) is 4.48. The van der Waals surface area contributed by atoms with Crippen molar-refractivity contribution in [1.29, 1.82) is 0 Å². The Labute approximate surface area is 86.3 Å². The van der Waals surface area contributed by atoms with Gasteiger partial charge in [0, 0.05) is 12.3 Å². The maximum Gasteiger partial charge on any atom is 0.136 e. The van der Waals surface area contributed by atoms with Crippen molar-refractivity contribution in [2.24, 2.45) is 29.6 Å². The molecule has 0 amide bonds. The highest BCUT2D eigenvalue weighted by molar-refractivity contribution is 5.83. The van der Waals surface area contributed by atoms with Crippen LogP contribution >= 0.6 is 0 Å². The van der Waals surface area contributed by atoms with Crippen LogP contribution in [-0.4, -0.2) is 5.78 Å². The molecule has 0 heterocycles. The molecule has 0 spiro atoms. The molecule has 5 atom stereocenters. The lowest BCUT2D eigenvalue weighted by atomic mass is 9.84. The van der Waals surface area contributed by atoms with Crippen LogP contribution in [0.15, 0.2) is 0 Å². The monoisotopic (exact) mass is 192 g/mol. The number of carbonyl (C=O) groups is 1. The van der Waals surface area contributed by atoms with Crippen molar-refractivity contribution in [3.8, 4) is 0 Å². The Morgan fingerprint density at radius 1 is 1.21 bits per heavy atom. The third-order valence-electron chi connectivity index (χ3n) is 4.87. The Kier molecular flexibility index (Phi) is 1.97. The van der Waals surface area contributed by atoms with Gasteiger partial charge in [0.25, 0.3) is 0 Å². The second-order valence-corrected chi connectivity index (χ2v) is 5.92. The van der Waals surface area contributed by atoms with Crippen LogP contribution in [0.1, 0.15) is 45.4 Å². The van der Waals surface area contributed by atoms with E-state index < -0.39 is 0 Å². The molecule has 3 aliphatic carbocycles. The molecule has 0 saturated heterocycles. The summed E-state index contributed by atoms with van der Waals surface area (Å²) in [7, 11) is 0. The summed E-state index contributed by atoms with van der Waals surface area (Å²) < 4.78 is 0.